The zero-order valence-corrected chi connectivity index (χ0v) is 27.2. The van der Waals surface area contributed by atoms with Gasteiger partial charge in [-0.15, -0.1) is 0 Å². The van der Waals surface area contributed by atoms with Crippen molar-refractivity contribution in [3.63, 3.8) is 0 Å². The molecule has 0 spiro atoms. The summed E-state index contributed by atoms with van der Waals surface area (Å²) < 4.78 is 107. The number of carbonyl (C=O) groups is 4. The van der Waals surface area contributed by atoms with E-state index >= 15 is 0 Å². The maximum atomic E-state index is 12.7. The first-order valence-corrected chi connectivity index (χ1v) is 14.8. The number of hydrogen-bond donors (Lipinski definition) is 0. The van der Waals surface area contributed by atoms with E-state index in [0.717, 1.165) is 0 Å². The van der Waals surface area contributed by atoms with E-state index in [9.17, 15) is 45.5 Å². The highest BCUT2D eigenvalue weighted by Gasteiger charge is 2.40. The predicted octanol–water partition coefficient (Wildman–Crippen LogP) is 7.99. The zero-order valence-electron chi connectivity index (χ0n) is 27.2. The highest BCUT2D eigenvalue weighted by molar-refractivity contribution is 5.92. The van der Waals surface area contributed by atoms with Crippen LogP contribution in [0.1, 0.15) is 53.0 Å². The molecule has 0 aliphatic rings. The number of carbonyl (C=O) groups excluding carboxylic acids is 4. The fourth-order valence-corrected chi connectivity index (χ4v) is 3.76. The number of esters is 4. The van der Waals surface area contributed by atoms with Crippen LogP contribution in [0.15, 0.2) is 91.0 Å². The molecule has 0 fully saturated rings. The lowest BCUT2D eigenvalue weighted by molar-refractivity contribution is -0.170. The molecule has 3 aromatic rings. The van der Waals surface area contributed by atoms with Gasteiger partial charge in [-0.1, -0.05) is 27.0 Å². The summed E-state index contributed by atoms with van der Waals surface area (Å²) in [6.07, 6.45) is -12.6. The van der Waals surface area contributed by atoms with Crippen molar-refractivity contribution in [1.82, 2.24) is 0 Å². The van der Waals surface area contributed by atoms with E-state index in [4.69, 9.17) is 28.4 Å². The van der Waals surface area contributed by atoms with Crippen molar-refractivity contribution in [3.05, 3.63) is 108 Å². The zero-order chi connectivity index (χ0) is 38.1. The fourth-order valence-electron chi connectivity index (χ4n) is 3.76. The molecule has 0 N–H and O–H groups in total. The second-order valence-corrected chi connectivity index (χ2v) is 10.4. The molecule has 272 valence electrons. The smallest absolute Gasteiger partial charge is 0.422 e. The summed E-state index contributed by atoms with van der Waals surface area (Å²) in [4.78, 5) is 48.8. The molecule has 0 saturated carbocycles. The lowest BCUT2D eigenvalue weighted by Gasteiger charge is -2.19. The maximum absolute atomic E-state index is 12.7. The molecule has 0 radical (unpaired) electrons. The fraction of sp³-hybridized carbons (Fsp3) is 0.257. The van der Waals surface area contributed by atoms with Crippen molar-refractivity contribution < 1.29 is 73.9 Å². The molecule has 51 heavy (non-hydrogen) atoms. The Bertz CT molecular complexity index is 1760. The number of hydrogen-bond acceptors (Lipinski definition) is 10. The first-order valence-electron chi connectivity index (χ1n) is 14.8. The van der Waals surface area contributed by atoms with Crippen molar-refractivity contribution >= 4 is 23.9 Å². The minimum Gasteiger partial charge on any atom is -0.455 e. The van der Waals surface area contributed by atoms with Gasteiger partial charge in [0.15, 0.2) is 0 Å². The van der Waals surface area contributed by atoms with Gasteiger partial charge in [0.05, 0.1) is 11.1 Å². The van der Waals surface area contributed by atoms with Gasteiger partial charge in [0.1, 0.15) is 34.1 Å². The summed E-state index contributed by atoms with van der Waals surface area (Å²) >= 11 is 0. The SMILES string of the molecule is C=C(C(=O)OC(CC)Oc1ccc(C(=O)Oc2ccc(OC(=O)c3ccc(OC(CC)OC(=O)C(=C)C(F)(F)F)cc3)c(C)c2)cc1)C(F)(F)F. The topological polar surface area (TPSA) is 124 Å². The van der Waals surface area contributed by atoms with Crippen LogP contribution in [0.3, 0.4) is 0 Å². The van der Waals surface area contributed by atoms with E-state index < -0.39 is 60.0 Å². The van der Waals surface area contributed by atoms with Crippen molar-refractivity contribution in [2.75, 3.05) is 0 Å². The molecule has 0 bridgehead atoms. The Morgan fingerprint density at radius 3 is 1.33 bits per heavy atom. The lowest BCUT2D eigenvalue weighted by atomic mass is 10.2. The highest BCUT2D eigenvalue weighted by Crippen LogP contribution is 2.29. The summed E-state index contributed by atoms with van der Waals surface area (Å²) in [5.41, 5.74) is -2.79. The summed E-state index contributed by atoms with van der Waals surface area (Å²) in [5.74, 6) is -4.49. The minimum absolute atomic E-state index is 0.0163. The number of alkyl halides is 6. The normalized spacial score (nSPS) is 12.5. The van der Waals surface area contributed by atoms with Crippen LogP contribution in [0.5, 0.6) is 23.0 Å². The lowest BCUT2D eigenvalue weighted by Crippen LogP contribution is -2.28. The van der Waals surface area contributed by atoms with Crippen LogP contribution < -0.4 is 18.9 Å². The van der Waals surface area contributed by atoms with Crippen LogP contribution in [-0.4, -0.2) is 48.8 Å². The van der Waals surface area contributed by atoms with Gasteiger partial charge in [-0.2, -0.15) is 26.3 Å². The van der Waals surface area contributed by atoms with Gasteiger partial charge in [-0.05, 0) is 79.2 Å². The summed E-state index contributed by atoms with van der Waals surface area (Å²) in [6, 6.07) is 14.8. The number of benzene rings is 3. The van der Waals surface area contributed by atoms with Crippen LogP contribution in [0.25, 0.3) is 0 Å². The van der Waals surface area contributed by atoms with Crippen LogP contribution in [0.2, 0.25) is 0 Å². The molecule has 0 saturated heterocycles. The van der Waals surface area contributed by atoms with Crippen LogP contribution in [-0.2, 0) is 19.1 Å². The molecule has 0 aliphatic carbocycles. The first-order chi connectivity index (χ1) is 23.8. The van der Waals surface area contributed by atoms with Crippen molar-refractivity contribution in [1.29, 1.82) is 0 Å². The van der Waals surface area contributed by atoms with E-state index in [-0.39, 0.29) is 47.0 Å². The van der Waals surface area contributed by atoms with Crippen molar-refractivity contribution in [2.45, 2.75) is 58.5 Å². The van der Waals surface area contributed by atoms with Gasteiger partial charge in [0.25, 0.3) is 0 Å². The Morgan fingerprint density at radius 2 is 0.980 bits per heavy atom. The second-order valence-electron chi connectivity index (χ2n) is 10.4. The average molecular weight is 725 g/mol. The molecule has 0 amide bonds. The number of halogens is 6. The monoisotopic (exact) mass is 724 g/mol. The van der Waals surface area contributed by atoms with Gasteiger partial charge in [0.2, 0.25) is 12.6 Å². The van der Waals surface area contributed by atoms with Crippen molar-refractivity contribution in [2.24, 2.45) is 0 Å². The predicted molar refractivity (Wildman–Crippen MR) is 166 cm³/mol. The van der Waals surface area contributed by atoms with Gasteiger partial charge >= 0.3 is 36.2 Å². The van der Waals surface area contributed by atoms with Crippen LogP contribution >= 0.6 is 0 Å². The van der Waals surface area contributed by atoms with Crippen LogP contribution in [0, 0.1) is 6.92 Å². The molecule has 2 atom stereocenters. The molecule has 0 aliphatic heterocycles. The second kappa shape index (κ2) is 16.7. The molecule has 2 unspecified atom stereocenters. The Kier molecular flexibility index (Phi) is 13.0. The summed E-state index contributed by atoms with van der Waals surface area (Å²) in [7, 11) is 0. The Hall–Kier alpha value is -5.80. The third-order valence-electron chi connectivity index (χ3n) is 6.60. The van der Waals surface area contributed by atoms with E-state index in [1.54, 1.807) is 6.92 Å². The van der Waals surface area contributed by atoms with Gasteiger partial charge in [-0.25, -0.2) is 19.2 Å². The van der Waals surface area contributed by atoms with Crippen molar-refractivity contribution in [3.8, 4) is 23.0 Å². The Morgan fingerprint density at radius 1 is 0.608 bits per heavy atom. The van der Waals surface area contributed by atoms with Gasteiger partial charge < -0.3 is 28.4 Å². The third-order valence-corrected chi connectivity index (χ3v) is 6.60. The molecule has 16 heteroatoms. The standard InChI is InChI=1S/C35H30F6O10/c1-6-28(50-30(42)20(4)34(36,37)38)46-24-12-8-22(9-13-24)32(44)48-26-16-17-27(19(3)18-26)49-33(45)23-10-14-25(15-11-23)47-29(7-2)51-31(43)21(5)35(39,40)41/h8-18,28-29H,4-7H2,1-3H3. The highest BCUT2D eigenvalue weighted by atomic mass is 19.4. The van der Waals surface area contributed by atoms with E-state index in [0.29, 0.717) is 5.56 Å². The van der Waals surface area contributed by atoms with E-state index in [1.165, 1.54) is 80.6 Å². The minimum atomic E-state index is -4.96. The Labute approximate surface area is 287 Å². The molecule has 3 aromatic carbocycles. The van der Waals surface area contributed by atoms with E-state index in [1.807, 2.05) is 0 Å². The third kappa shape index (κ3) is 11.4. The first kappa shape index (κ1) is 39.6. The molecular weight excluding hydrogens is 694 g/mol. The average Bonchev–Trinajstić information content (AvgIpc) is 3.07. The summed E-state index contributed by atoms with van der Waals surface area (Å²) in [6.45, 7) is 9.98. The van der Waals surface area contributed by atoms with Gasteiger partial charge in [0, 0.05) is 12.8 Å². The molecular formula is C35H30F6O10. The number of ether oxygens (including phenoxy) is 6. The van der Waals surface area contributed by atoms with Crippen LogP contribution in [0.4, 0.5) is 26.3 Å². The molecule has 3 rings (SSSR count). The van der Waals surface area contributed by atoms with Gasteiger partial charge in [-0.3, -0.25) is 0 Å². The molecule has 0 aromatic heterocycles. The number of aryl methyl sites for hydroxylation is 1. The quantitative estimate of drug-likeness (QED) is 0.0532. The Balaban J connectivity index is 1.56. The molecule has 10 nitrogen and oxygen atoms in total. The molecule has 0 heterocycles. The van der Waals surface area contributed by atoms with E-state index in [2.05, 4.69) is 13.2 Å². The largest absolute Gasteiger partial charge is 0.455 e. The number of rotatable bonds is 14. The summed E-state index contributed by atoms with van der Waals surface area (Å²) in [5, 5.41) is 0. The maximum Gasteiger partial charge on any atom is 0.422 e.